The third-order valence-corrected chi connectivity index (χ3v) is 21.9. The van der Waals surface area contributed by atoms with Crippen LogP contribution in [-0.4, -0.2) is 101 Å². The summed E-state index contributed by atoms with van der Waals surface area (Å²) in [5.41, 5.74) is 4.94. The van der Waals surface area contributed by atoms with Gasteiger partial charge in [-0.1, -0.05) is 12.1 Å². The number of fused-ring (bicyclic) bond motifs is 1. The highest BCUT2D eigenvalue weighted by atomic mass is 15.5. The summed E-state index contributed by atoms with van der Waals surface area (Å²) >= 11 is 0. The number of para-hydroxylation sites is 2. The average Bonchev–Trinajstić information content (AvgIpc) is 1.62. The molecule has 0 spiro atoms. The molecule has 0 fully saturated rings. The van der Waals surface area contributed by atoms with Crippen molar-refractivity contribution in [2.75, 3.05) is 19.6 Å². The third kappa shape index (κ3) is 13.4. The quantitative estimate of drug-likeness (QED) is 0.0853. The number of benzene rings is 1. The van der Waals surface area contributed by atoms with Gasteiger partial charge in [0.1, 0.15) is 42.1 Å². The Labute approximate surface area is 608 Å². The van der Waals surface area contributed by atoms with Crippen molar-refractivity contribution < 1.29 is 18.7 Å². The molecule has 0 N–H and O–H groups in total. The van der Waals surface area contributed by atoms with Gasteiger partial charge in [-0.2, -0.15) is 5.10 Å². The fourth-order valence-corrected chi connectivity index (χ4v) is 16.2. The second-order valence-corrected chi connectivity index (χ2v) is 31.3. The highest BCUT2D eigenvalue weighted by molar-refractivity contribution is 5.76. The number of aromatic nitrogens is 16. The summed E-state index contributed by atoms with van der Waals surface area (Å²) in [6, 6.07) is 21.0. The van der Waals surface area contributed by atoms with Crippen LogP contribution in [0.4, 0.5) is 23.3 Å². The Kier molecular flexibility index (Phi) is 20.9. The number of rotatable bonds is 16. The van der Waals surface area contributed by atoms with Gasteiger partial charge in [-0.3, -0.25) is 4.68 Å². The predicted octanol–water partition coefficient (Wildman–Crippen LogP) is 11.8. The Morgan fingerprint density at radius 3 is 1.07 bits per heavy atom. The normalized spacial score (nSPS) is 17.9. The molecular formula is C78H122N24+4. The number of hydrogen-bond donors (Lipinski definition) is 0. The second-order valence-electron chi connectivity index (χ2n) is 31.3. The van der Waals surface area contributed by atoms with Crippen LogP contribution in [0.5, 0.6) is 0 Å². The minimum Gasteiger partial charge on any atom is -0.345 e. The molecule has 102 heavy (non-hydrogen) atoms. The van der Waals surface area contributed by atoms with E-state index in [9.17, 15) is 0 Å². The zero-order valence-electron chi connectivity index (χ0n) is 67.2. The van der Waals surface area contributed by atoms with E-state index in [1.807, 2.05) is 50.2 Å². The van der Waals surface area contributed by atoms with Gasteiger partial charge in [-0.15, -0.1) is 37.5 Å². The average molecular weight is 1400 g/mol. The molecule has 4 aliphatic rings. The Morgan fingerprint density at radius 1 is 0.412 bits per heavy atom. The van der Waals surface area contributed by atoms with Gasteiger partial charge >= 0.3 is 0 Å². The molecule has 0 amide bonds. The van der Waals surface area contributed by atoms with Gasteiger partial charge in [0.05, 0.1) is 109 Å². The van der Waals surface area contributed by atoms with Gasteiger partial charge in [0, 0.05) is 90.2 Å². The highest BCUT2D eigenvalue weighted by Gasteiger charge is 2.44. The van der Waals surface area contributed by atoms with Gasteiger partial charge in [-0.25, -0.2) is 15.0 Å². The molecule has 4 aliphatic heterocycles. The molecule has 0 radical (unpaired) electrons. The number of hydrogen-bond acceptors (Lipinski definition) is 12. The van der Waals surface area contributed by atoms with Crippen LogP contribution in [0.15, 0.2) is 148 Å². The minimum absolute atomic E-state index is 0.153. The van der Waals surface area contributed by atoms with Gasteiger partial charge < -0.3 is 52.9 Å². The van der Waals surface area contributed by atoms with E-state index in [0.29, 0.717) is 24.2 Å². The summed E-state index contributed by atoms with van der Waals surface area (Å²) in [5, 5.41) is 4.53. The summed E-state index contributed by atoms with van der Waals surface area (Å²) in [4.78, 5) is 32.8. The maximum Gasteiger partial charge on any atom is 0.198 e. The van der Waals surface area contributed by atoms with Crippen molar-refractivity contribution in [1.82, 2.24) is 76.8 Å². The topological polar surface area (TPSA) is 132 Å². The van der Waals surface area contributed by atoms with Crippen LogP contribution in [0.2, 0.25) is 0 Å². The van der Waals surface area contributed by atoms with E-state index < -0.39 is 0 Å². The lowest BCUT2D eigenvalue weighted by molar-refractivity contribution is -0.789. The van der Waals surface area contributed by atoms with Crippen molar-refractivity contribution >= 4 is 34.3 Å². The Bertz CT molecular complexity index is 4420. The molecule has 13 rings (SSSR count). The lowest BCUT2D eigenvalue weighted by atomic mass is 9.97. The standard InChI is InChI=1S/C22H31N6.2C19H31N6.C18H29N6/c1-16(2)28-13-12-20(25(28)7)26-14-15-27(17(26)3)22(4,5)21-23-18-10-8-9-11-19(18)24(21)6;1-14(2)25-10-9-18(22(25)8)23-11-12-24(16(23)4)19(5,6)17-13-20-15(3)21(17)7;1-14(2)25-10-9-18(22(25)8)23-11-12-24(16(23)4)19(5,6)17-13-15(3)20-21(17)7;1-14(2)24-10-8-16(21(24)7)22-12-13-23(15(22)3)18(4,5)17-19-9-11-20(17)6/h8-17H,1-7H3;2*9-14,16H,1-8H3;8-15H,1-7H3/q4*+1/t17-;2*16-;15-/m1111/s1. The fraction of sp³-hybridized carbons (Fsp3) is 0.538. The summed E-state index contributed by atoms with van der Waals surface area (Å²) in [6.45, 7) is 48.6. The summed E-state index contributed by atoms with van der Waals surface area (Å²) < 4.78 is 26.3. The molecule has 8 aromatic heterocycles. The van der Waals surface area contributed by atoms with E-state index in [2.05, 4.69) is 416 Å². The van der Waals surface area contributed by atoms with Gasteiger partial charge in [0.15, 0.2) is 72.2 Å². The maximum absolute atomic E-state index is 4.97. The fourth-order valence-electron chi connectivity index (χ4n) is 16.2. The van der Waals surface area contributed by atoms with Crippen molar-refractivity contribution in [3.63, 3.8) is 0 Å². The molecule has 550 valence electrons. The summed E-state index contributed by atoms with van der Waals surface area (Å²) in [7, 11) is 16.7. The van der Waals surface area contributed by atoms with Gasteiger partial charge in [-0.05, 0) is 171 Å². The molecular weight excluding hydrogens is 1270 g/mol. The van der Waals surface area contributed by atoms with Crippen LogP contribution >= 0.6 is 0 Å². The molecule has 1 aromatic carbocycles. The molecule has 0 saturated carbocycles. The molecule has 0 aliphatic carbocycles. The second kappa shape index (κ2) is 28.4. The highest BCUT2D eigenvalue weighted by Crippen LogP contribution is 2.40. The van der Waals surface area contributed by atoms with Crippen LogP contribution in [0, 0.1) is 13.8 Å². The number of nitrogens with zero attached hydrogens (tertiary/aromatic N) is 24. The van der Waals surface area contributed by atoms with E-state index in [4.69, 9.17) is 4.98 Å². The molecule has 12 heterocycles. The Hall–Kier alpha value is -9.48. The van der Waals surface area contributed by atoms with Crippen LogP contribution in [0.25, 0.3) is 11.0 Å². The zero-order valence-corrected chi connectivity index (χ0v) is 67.2. The molecule has 0 bridgehead atoms. The van der Waals surface area contributed by atoms with Crippen LogP contribution in [-0.2, 0) is 78.5 Å². The number of aryl methyl sites for hydroxylation is 5. The van der Waals surface area contributed by atoms with Crippen LogP contribution < -0.4 is 38.3 Å². The molecule has 4 atom stereocenters. The summed E-state index contributed by atoms with van der Waals surface area (Å²) in [5.74, 6) is 7.91. The van der Waals surface area contributed by atoms with Crippen molar-refractivity contribution in [1.29, 1.82) is 0 Å². The first kappa shape index (κ1) is 75.2. The van der Waals surface area contributed by atoms with Crippen molar-refractivity contribution in [2.24, 2.45) is 56.4 Å². The molecule has 0 saturated heterocycles. The van der Waals surface area contributed by atoms with E-state index >= 15 is 0 Å². The van der Waals surface area contributed by atoms with Crippen LogP contribution in [0.1, 0.15) is 197 Å². The number of imidazole rings is 3. The lowest BCUT2D eigenvalue weighted by Crippen LogP contribution is -2.49. The minimum atomic E-state index is -0.252. The maximum atomic E-state index is 4.97. The zero-order chi connectivity index (χ0) is 74.9. The SMILES string of the molecule is CC(C)[n+]1ccc(N2C=CN(C(C)(C)c3nc4ccccc4n3C)[C@@H]2C)n1C.CC(C)[n+]1ccc(N2C=CN(C(C)(C)c3nccn3C)[C@@H]2C)n1C.Cc1cc(C(C)(C)N2C=CN(c3cc[n+](C(C)C)n3C)[C@H]2C)n(C)n1.Cc1ncc(C(C)(C)N2C=CN(c3cc[n+](C(C)C)n3C)[C@H]2C)n1C. The molecule has 24 nitrogen and oxygen atoms in total. The van der Waals surface area contributed by atoms with E-state index in [0.717, 1.165) is 28.7 Å². The van der Waals surface area contributed by atoms with Gasteiger partial charge in [0.2, 0.25) is 0 Å². The predicted molar refractivity (Wildman–Crippen MR) is 408 cm³/mol. The largest absolute Gasteiger partial charge is 0.345 e. The van der Waals surface area contributed by atoms with Gasteiger partial charge in [0.25, 0.3) is 0 Å². The monoisotopic (exact) mass is 1400 g/mol. The molecule has 0 unspecified atom stereocenters. The molecule has 24 heteroatoms. The van der Waals surface area contributed by atoms with E-state index in [1.165, 1.54) is 40.2 Å². The summed E-state index contributed by atoms with van der Waals surface area (Å²) in [6.07, 6.45) is 32.7. The van der Waals surface area contributed by atoms with Crippen LogP contribution in [0.3, 0.4) is 0 Å². The van der Waals surface area contributed by atoms with Crippen molar-refractivity contribution in [3.05, 3.63) is 182 Å². The van der Waals surface area contributed by atoms with E-state index in [1.54, 1.807) is 0 Å². The van der Waals surface area contributed by atoms with Crippen molar-refractivity contribution in [3.8, 4) is 0 Å². The first-order valence-electron chi connectivity index (χ1n) is 36.5. The van der Waals surface area contributed by atoms with Crippen molar-refractivity contribution in [2.45, 2.75) is 223 Å². The number of anilines is 4. The Balaban J connectivity index is 0.000000147. The van der Waals surface area contributed by atoms with E-state index in [-0.39, 0.29) is 46.8 Å². The molecule has 9 aromatic rings. The first-order chi connectivity index (χ1) is 47.8. The first-order valence-corrected chi connectivity index (χ1v) is 36.5. The Morgan fingerprint density at radius 2 is 0.765 bits per heavy atom. The lowest BCUT2D eigenvalue weighted by Gasteiger charge is -2.41. The smallest absolute Gasteiger partial charge is 0.198 e. The third-order valence-electron chi connectivity index (χ3n) is 21.9.